The molecule has 1 aliphatic rings. The van der Waals surface area contributed by atoms with Gasteiger partial charge >= 0.3 is 0 Å². The highest BCUT2D eigenvalue weighted by Gasteiger charge is 2.20. The van der Waals surface area contributed by atoms with Crippen LogP contribution in [0.2, 0.25) is 0 Å². The Balaban J connectivity index is 1.62. The van der Waals surface area contributed by atoms with E-state index in [0.29, 0.717) is 12.0 Å². The summed E-state index contributed by atoms with van der Waals surface area (Å²) in [4.78, 5) is 12.9. The van der Waals surface area contributed by atoms with Crippen LogP contribution in [-0.4, -0.2) is 21.9 Å². The first kappa shape index (κ1) is 15.6. The summed E-state index contributed by atoms with van der Waals surface area (Å²) in [6, 6.07) is 6.44. The first-order valence-electron chi connectivity index (χ1n) is 8.30. The molecule has 3 rings (SSSR count). The lowest BCUT2D eigenvalue weighted by molar-refractivity contribution is 0.250. The number of aromatic nitrogens is 2. The number of pyridine rings is 1. The molecular formula is C18H25N3S. The maximum absolute atomic E-state index is 4.70. The van der Waals surface area contributed by atoms with Crippen LogP contribution in [-0.2, 0) is 6.54 Å². The molecule has 0 N–H and O–H groups in total. The molecule has 1 aliphatic carbocycles. The van der Waals surface area contributed by atoms with Crippen molar-refractivity contribution >= 4 is 11.3 Å². The summed E-state index contributed by atoms with van der Waals surface area (Å²) in [5.74, 6) is 0.714. The summed E-state index contributed by atoms with van der Waals surface area (Å²) in [5.41, 5.74) is 1.13. The Hall–Kier alpha value is -1.26. The first-order valence-corrected chi connectivity index (χ1v) is 9.11. The van der Waals surface area contributed by atoms with Crippen LogP contribution in [0.15, 0.2) is 30.6 Å². The van der Waals surface area contributed by atoms with E-state index in [0.717, 1.165) is 12.2 Å². The average Bonchev–Trinajstić information content (AvgIpc) is 3.04. The Morgan fingerprint density at radius 1 is 1.23 bits per heavy atom. The normalized spacial score (nSPS) is 17.8. The third-order valence-corrected chi connectivity index (χ3v) is 5.85. The molecule has 2 heterocycles. The lowest BCUT2D eigenvalue weighted by atomic mass is 9.90. The van der Waals surface area contributed by atoms with Gasteiger partial charge in [-0.15, -0.1) is 11.3 Å². The van der Waals surface area contributed by atoms with Gasteiger partial charge in [-0.1, -0.05) is 25.3 Å². The van der Waals surface area contributed by atoms with Crippen LogP contribution in [0.5, 0.6) is 0 Å². The van der Waals surface area contributed by atoms with E-state index in [4.69, 9.17) is 4.98 Å². The van der Waals surface area contributed by atoms with E-state index >= 15 is 0 Å². The lowest BCUT2D eigenvalue weighted by Gasteiger charge is -2.23. The minimum atomic E-state index is 0.321. The largest absolute Gasteiger partial charge is 0.293 e. The van der Waals surface area contributed by atoms with Gasteiger partial charge in [0.15, 0.2) is 0 Å². The van der Waals surface area contributed by atoms with Crippen molar-refractivity contribution < 1.29 is 0 Å². The van der Waals surface area contributed by atoms with Crippen molar-refractivity contribution in [3.05, 3.63) is 46.2 Å². The van der Waals surface area contributed by atoms with E-state index in [1.165, 1.54) is 42.0 Å². The Morgan fingerprint density at radius 3 is 2.77 bits per heavy atom. The van der Waals surface area contributed by atoms with Crippen molar-refractivity contribution in [1.82, 2.24) is 14.9 Å². The van der Waals surface area contributed by atoms with Gasteiger partial charge in [0.05, 0.1) is 10.7 Å². The molecule has 0 saturated heterocycles. The Bertz CT molecular complexity index is 575. The molecule has 2 aromatic rings. The summed E-state index contributed by atoms with van der Waals surface area (Å²) in [5, 5.41) is 1.36. The molecule has 22 heavy (non-hydrogen) atoms. The predicted octanol–water partition coefficient (Wildman–Crippen LogP) is 4.78. The van der Waals surface area contributed by atoms with Crippen molar-refractivity contribution in [2.45, 2.75) is 57.5 Å². The summed E-state index contributed by atoms with van der Waals surface area (Å²) in [7, 11) is 2.17. The Morgan fingerprint density at radius 2 is 2.05 bits per heavy atom. The van der Waals surface area contributed by atoms with Gasteiger partial charge in [0.1, 0.15) is 0 Å². The van der Waals surface area contributed by atoms with Crippen molar-refractivity contribution in [3.63, 3.8) is 0 Å². The van der Waals surface area contributed by atoms with Gasteiger partial charge < -0.3 is 0 Å². The SMILES string of the molecule is C[C@@H](c1ccccn1)N(C)Cc1cnc(C2CCCCC2)s1. The number of nitrogens with zero attached hydrogens (tertiary/aromatic N) is 3. The molecule has 0 spiro atoms. The molecule has 3 nitrogen and oxygen atoms in total. The summed E-state index contributed by atoms with van der Waals surface area (Å²) in [6.45, 7) is 3.16. The second-order valence-electron chi connectivity index (χ2n) is 6.35. The molecule has 118 valence electrons. The standard InChI is InChI=1S/C18H25N3S/c1-14(17-10-6-7-11-19-17)21(2)13-16-12-20-18(22-16)15-8-4-3-5-9-15/h6-7,10-12,14-15H,3-5,8-9,13H2,1-2H3/t14-/m0/s1. The van der Waals surface area contributed by atoms with Crippen LogP contribution < -0.4 is 0 Å². The summed E-state index contributed by atoms with van der Waals surface area (Å²) >= 11 is 1.91. The molecule has 1 saturated carbocycles. The highest BCUT2D eigenvalue weighted by Crippen LogP contribution is 2.35. The molecule has 1 fully saturated rings. The first-order chi connectivity index (χ1) is 10.7. The van der Waals surface area contributed by atoms with Gasteiger partial charge in [-0.05, 0) is 38.9 Å². The third-order valence-electron chi connectivity index (χ3n) is 4.71. The van der Waals surface area contributed by atoms with Gasteiger partial charge in [-0.25, -0.2) is 4.98 Å². The van der Waals surface area contributed by atoms with Crippen LogP contribution in [0.25, 0.3) is 0 Å². The highest BCUT2D eigenvalue weighted by atomic mass is 32.1. The summed E-state index contributed by atoms with van der Waals surface area (Å²) < 4.78 is 0. The monoisotopic (exact) mass is 315 g/mol. The lowest BCUT2D eigenvalue weighted by Crippen LogP contribution is -2.22. The quantitative estimate of drug-likeness (QED) is 0.795. The average molecular weight is 315 g/mol. The van der Waals surface area contributed by atoms with Gasteiger partial charge in [0.25, 0.3) is 0 Å². The molecule has 2 aromatic heterocycles. The van der Waals surface area contributed by atoms with Gasteiger partial charge in [-0.2, -0.15) is 0 Å². The van der Waals surface area contributed by atoms with Gasteiger partial charge in [-0.3, -0.25) is 9.88 Å². The highest BCUT2D eigenvalue weighted by molar-refractivity contribution is 7.11. The molecule has 0 aromatic carbocycles. The van der Waals surface area contributed by atoms with E-state index in [2.05, 4.69) is 42.2 Å². The molecule has 0 amide bonds. The fourth-order valence-electron chi connectivity index (χ4n) is 3.17. The molecule has 0 unspecified atom stereocenters. The second-order valence-corrected chi connectivity index (χ2v) is 7.49. The Kier molecular flexibility index (Phi) is 5.21. The molecule has 4 heteroatoms. The molecule has 0 radical (unpaired) electrons. The smallest absolute Gasteiger partial charge is 0.0959 e. The zero-order valence-corrected chi connectivity index (χ0v) is 14.4. The number of thiazole rings is 1. The number of hydrogen-bond donors (Lipinski definition) is 0. The predicted molar refractivity (Wildman–Crippen MR) is 92.1 cm³/mol. The maximum atomic E-state index is 4.70. The van der Waals surface area contributed by atoms with Crippen molar-refractivity contribution in [2.24, 2.45) is 0 Å². The van der Waals surface area contributed by atoms with Crippen LogP contribution in [0.1, 0.15) is 66.6 Å². The number of hydrogen-bond acceptors (Lipinski definition) is 4. The Labute approximate surface area is 137 Å². The topological polar surface area (TPSA) is 29.0 Å². The van der Waals surface area contributed by atoms with Crippen molar-refractivity contribution in [1.29, 1.82) is 0 Å². The molecule has 0 aliphatic heterocycles. The zero-order valence-electron chi connectivity index (χ0n) is 13.5. The van der Waals surface area contributed by atoms with Crippen LogP contribution in [0.3, 0.4) is 0 Å². The fraction of sp³-hybridized carbons (Fsp3) is 0.556. The van der Waals surface area contributed by atoms with E-state index in [1.54, 1.807) is 0 Å². The van der Waals surface area contributed by atoms with E-state index < -0.39 is 0 Å². The van der Waals surface area contributed by atoms with Crippen LogP contribution >= 0.6 is 11.3 Å². The number of rotatable bonds is 5. The third kappa shape index (κ3) is 3.73. The van der Waals surface area contributed by atoms with Crippen molar-refractivity contribution in [3.8, 4) is 0 Å². The van der Waals surface area contributed by atoms with Crippen LogP contribution in [0, 0.1) is 0 Å². The van der Waals surface area contributed by atoms with Gasteiger partial charge in [0.2, 0.25) is 0 Å². The zero-order chi connectivity index (χ0) is 15.4. The molecule has 1 atom stereocenters. The van der Waals surface area contributed by atoms with Crippen LogP contribution in [0.4, 0.5) is 0 Å². The fourth-order valence-corrected chi connectivity index (χ4v) is 4.32. The molecule has 0 bridgehead atoms. The minimum Gasteiger partial charge on any atom is -0.293 e. The maximum Gasteiger partial charge on any atom is 0.0959 e. The van der Waals surface area contributed by atoms with E-state index in [1.807, 2.05) is 23.6 Å². The minimum absolute atomic E-state index is 0.321. The molecular weight excluding hydrogens is 290 g/mol. The second kappa shape index (κ2) is 7.34. The summed E-state index contributed by atoms with van der Waals surface area (Å²) in [6.07, 6.45) is 10.7. The van der Waals surface area contributed by atoms with E-state index in [9.17, 15) is 0 Å². The van der Waals surface area contributed by atoms with Gasteiger partial charge in [0, 0.05) is 35.8 Å². The van der Waals surface area contributed by atoms with Crippen molar-refractivity contribution in [2.75, 3.05) is 7.05 Å². The van der Waals surface area contributed by atoms with E-state index in [-0.39, 0.29) is 0 Å².